The van der Waals surface area contributed by atoms with E-state index in [9.17, 15) is 18.0 Å². The molecular weight excluding hydrogens is 523 g/mol. The van der Waals surface area contributed by atoms with Gasteiger partial charge in [0.25, 0.3) is 5.91 Å². The van der Waals surface area contributed by atoms with Crippen molar-refractivity contribution in [3.63, 3.8) is 0 Å². The molecule has 3 aromatic carbocycles. The van der Waals surface area contributed by atoms with Gasteiger partial charge in [-0.05, 0) is 41.5 Å². The van der Waals surface area contributed by atoms with Crippen LogP contribution in [0, 0.1) is 0 Å². The Morgan fingerprint density at radius 2 is 1.77 bits per heavy atom. The van der Waals surface area contributed by atoms with Gasteiger partial charge in [-0.2, -0.15) is 13.2 Å². The van der Waals surface area contributed by atoms with Crippen LogP contribution in [0.3, 0.4) is 0 Å². The highest BCUT2D eigenvalue weighted by Crippen LogP contribution is 2.32. The molecule has 0 fully saturated rings. The molecule has 1 heterocycles. The first-order valence-electron chi connectivity index (χ1n) is 12.8. The van der Waals surface area contributed by atoms with Crippen molar-refractivity contribution in [1.82, 2.24) is 10.9 Å². The second kappa shape index (κ2) is 13.3. The zero-order valence-electron chi connectivity index (χ0n) is 21.7. The Labute approximate surface area is 230 Å². The third kappa shape index (κ3) is 7.49. The normalized spacial score (nSPS) is 16.9. The third-order valence-corrected chi connectivity index (χ3v) is 6.23. The maximum Gasteiger partial charge on any atom is 0.416 e. The van der Waals surface area contributed by atoms with Crippen molar-refractivity contribution in [3.8, 4) is 5.75 Å². The number of hydrogen-bond acceptors (Lipinski definition) is 6. The fraction of sp³-hybridized carbons (Fsp3) is 0.267. The molecule has 0 saturated carbocycles. The number of nitrogens with one attached hydrogen (secondary N) is 2. The lowest BCUT2D eigenvalue weighted by molar-refractivity contribution is -0.138. The van der Waals surface area contributed by atoms with E-state index in [-0.39, 0.29) is 37.6 Å². The SMILES string of the molecule is O=C(NNCc1ccccc1C(F)(F)F)[C@]1(C/C=C/c2ccccc2)COC(c2ccc(OCCCO)cc2)=N1. The highest BCUT2D eigenvalue weighted by atomic mass is 19.4. The molecule has 0 radical (unpaired) electrons. The molecule has 1 aliphatic heterocycles. The predicted molar refractivity (Wildman–Crippen MR) is 145 cm³/mol. The zero-order valence-corrected chi connectivity index (χ0v) is 21.7. The molecule has 210 valence electrons. The minimum atomic E-state index is -4.51. The summed E-state index contributed by atoms with van der Waals surface area (Å²) in [5.74, 6) is 0.357. The molecule has 0 unspecified atom stereocenters. The number of hydrogen-bond donors (Lipinski definition) is 3. The largest absolute Gasteiger partial charge is 0.494 e. The van der Waals surface area contributed by atoms with Crippen LogP contribution in [-0.2, 0) is 22.3 Å². The van der Waals surface area contributed by atoms with Crippen LogP contribution in [0.5, 0.6) is 5.75 Å². The average Bonchev–Trinajstić information content (AvgIpc) is 3.39. The van der Waals surface area contributed by atoms with E-state index >= 15 is 0 Å². The van der Waals surface area contributed by atoms with Gasteiger partial charge in [0, 0.05) is 31.6 Å². The Kier molecular flexibility index (Phi) is 9.57. The van der Waals surface area contributed by atoms with Crippen LogP contribution in [0.15, 0.2) is 89.9 Å². The van der Waals surface area contributed by atoms with Gasteiger partial charge in [0.05, 0.1) is 12.2 Å². The van der Waals surface area contributed by atoms with Crippen molar-refractivity contribution in [2.45, 2.75) is 31.1 Å². The third-order valence-electron chi connectivity index (χ3n) is 6.23. The Morgan fingerprint density at radius 1 is 1.05 bits per heavy atom. The second-order valence-electron chi connectivity index (χ2n) is 9.17. The Bertz CT molecular complexity index is 1330. The maximum atomic E-state index is 13.4. The summed E-state index contributed by atoms with van der Waals surface area (Å²) in [5, 5.41) is 8.91. The minimum absolute atomic E-state index is 0.00137. The van der Waals surface area contributed by atoms with Gasteiger partial charge in [-0.25, -0.2) is 10.4 Å². The number of amides is 1. The number of alkyl halides is 3. The lowest BCUT2D eigenvalue weighted by Gasteiger charge is -2.22. The number of hydrazine groups is 1. The van der Waals surface area contributed by atoms with Crippen molar-refractivity contribution in [2.24, 2.45) is 4.99 Å². The van der Waals surface area contributed by atoms with Crippen molar-refractivity contribution >= 4 is 17.9 Å². The number of aliphatic hydroxyl groups excluding tert-OH is 1. The molecular formula is C30H30F3N3O4. The van der Waals surface area contributed by atoms with Gasteiger partial charge in [-0.15, -0.1) is 0 Å². The van der Waals surface area contributed by atoms with Crippen LogP contribution in [0.1, 0.15) is 35.1 Å². The van der Waals surface area contributed by atoms with Crippen molar-refractivity contribution < 1.29 is 32.5 Å². The molecule has 3 aromatic rings. The zero-order chi connectivity index (χ0) is 28.4. The maximum absolute atomic E-state index is 13.4. The molecule has 0 spiro atoms. The summed E-state index contributed by atoms with van der Waals surface area (Å²) in [6.07, 6.45) is -0.110. The van der Waals surface area contributed by atoms with E-state index < -0.39 is 23.2 Å². The number of halogens is 3. The van der Waals surface area contributed by atoms with E-state index in [0.717, 1.165) is 11.6 Å². The van der Waals surface area contributed by atoms with Crippen molar-refractivity contribution in [2.75, 3.05) is 19.8 Å². The quantitative estimate of drug-likeness (QED) is 0.219. The fourth-order valence-electron chi connectivity index (χ4n) is 4.10. The number of nitrogens with zero attached hydrogens (tertiary/aromatic N) is 1. The molecule has 1 amide bonds. The van der Waals surface area contributed by atoms with Crippen LogP contribution in [-0.4, -0.2) is 42.3 Å². The number of rotatable bonds is 12. The molecule has 0 aliphatic carbocycles. The molecule has 7 nitrogen and oxygen atoms in total. The molecule has 10 heteroatoms. The first-order chi connectivity index (χ1) is 19.3. The first kappa shape index (κ1) is 28.8. The first-order valence-corrected chi connectivity index (χ1v) is 12.8. The molecule has 0 bridgehead atoms. The van der Waals surface area contributed by atoms with Gasteiger partial charge in [-0.1, -0.05) is 60.7 Å². The summed E-state index contributed by atoms with van der Waals surface area (Å²) >= 11 is 0. The fourth-order valence-corrected chi connectivity index (χ4v) is 4.10. The summed E-state index contributed by atoms with van der Waals surface area (Å²) < 4.78 is 51.5. The van der Waals surface area contributed by atoms with Gasteiger partial charge in [0.15, 0.2) is 5.54 Å². The topological polar surface area (TPSA) is 92.2 Å². The average molecular weight is 554 g/mol. The van der Waals surface area contributed by atoms with Crippen LogP contribution < -0.4 is 15.6 Å². The molecule has 1 aliphatic rings. The van der Waals surface area contributed by atoms with E-state index in [1.54, 1.807) is 24.3 Å². The number of carbonyl (C=O) groups is 1. The van der Waals surface area contributed by atoms with E-state index in [0.29, 0.717) is 24.3 Å². The summed E-state index contributed by atoms with van der Waals surface area (Å²) in [7, 11) is 0. The van der Waals surface area contributed by atoms with Gasteiger partial charge in [0.2, 0.25) is 5.90 Å². The lowest BCUT2D eigenvalue weighted by atomic mass is 9.95. The predicted octanol–water partition coefficient (Wildman–Crippen LogP) is 4.91. The Balaban J connectivity index is 1.50. The van der Waals surface area contributed by atoms with Crippen molar-refractivity contribution in [3.05, 3.63) is 107 Å². The van der Waals surface area contributed by atoms with E-state index in [1.807, 2.05) is 42.5 Å². The Hall–Kier alpha value is -4.15. The highest BCUT2D eigenvalue weighted by molar-refractivity contribution is 6.00. The van der Waals surface area contributed by atoms with Gasteiger partial charge in [0.1, 0.15) is 12.4 Å². The highest BCUT2D eigenvalue weighted by Gasteiger charge is 2.43. The molecule has 1 atom stereocenters. The van der Waals surface area contributed by atoms with Gasteiger partial charge < -0.3 is 14.6 Å². The van der Waals surface area contributed by atoms with Crippen molar-refractivity contribution in [1.29, 1.82) is 0 Å². The molecule has 4 rings (SSSR count). The van der Waals surface area contributed by atoms with Crippen LogP contribution in [0.4, 0.5) is 13.2 Å². The van der Waals surface area contributed by atoms with Gasteiger partial charge >= 0.3 is 6.18 Å². The smallest absolute Gasteiger partial charge is 0.416 e. The monoisotopic (exact) mass is 553 g/mol. The molecule has 0 saturated heterocycles. The molecule has 0 aromatic heterocycles. The summed E-state index contributed by atoms with van der Waals surface area (Å²) in [4.78, 5) is 18.0. The number of aliphatic imine (C=N–C) groups is 1. The van der Waals surface area contributed by atoms with E-state index in [4.69, 9.17) is 14.6 Å². The number of ether oxygens (including phenoxy) is 2. The van der Waals surface area contributed by atoms with Crippen LogP contribution in [0.25, 0.3) is 6.08 Å². The number of benzene rings is 3. The van der Waals surface area contributed by atoms with Crippen LogP contribution >= 0.6 is 0 Å². The second-order valence-corrected chi connectivity index (χ2v) is 9.17. The summed E-state index contributed by atoms with van der Waals surface area (Å²) in [5.41, 5.74) is 4.64. The lowest BCUT2D eigenvalue weighted by Crippen LogP contribution is -2.51. The van der Waals surface area contributed by atoms with Gasteiger partial charge in [-0.3, -0.25) is 10.2 Å². The van der Waals surface area contributed by atoms with E-state index in [2.05, 4.69) is 15.8 Å². The standard InChI is InChI=1S/C30H30F3N3O4/c31-30(32,33)26-12-5-4-11-24(26)20-34-36-28(38)29(17-6-10-22-8-2-1-3-9-22)21-40-27(35-29)23-13-15-25(16-14-23)39-19-7-18-37/h1-6,8-16,34,37H,7,17-21H2,(H,36,38)/b10-6+/t29-/m0/s1. The van der Waals surface area contributed by atoms with E-state index in [1.165, 1.54) is 18.2 Å². The Morgan fingerprint density at radius 3 is 2.50 bits per heavy atom. The molecule has 40 heavy (non-hydrogen) atoms. The minimum Gasteiger partial charge on any atom is -0.494 e. The number of aliphatic hydroxyl groups is 1. The summed E-state index contributed by atoms with van der Waals surface area (Å²) in [6.45, 7) is 0.134. The molecule has 3 N–H and O–H groups in total. The van der Waals surface area contributed by atoms with Crippen LogP contribution in [0.2, 0.25) is 0 Å². The summed E-state index contributed by atoms with van der Waals surface area (Å²) in [6, 6.07) is 21.7. The number of carbonyl (C=O) groups excluding carboxylic acids is 1.